The predicted molar refractivity (Wildman–Crippen MR) is 107 cm³/mol. The Bertz CT molecular complexity index is 1000. The van der Waals surface area contributed by atoms with E-state index in [0.29, 0.717) is 28.8 Å². The van der Waals surface area contributed by atoms with Gasteiger partial charge < -0.3 is 4.74 Å². The van der Waals surface area contributed by atoms with E-state index in [2.05, 4.69) is 10.2 Å². The highest BCUT2D eigenvalue weighted by molar-refractivity contribution is 7.98. The van der Waals surface area contributed by atoms with E-state index >= 15 is 0 Å². The topological polar surface area (TPSA) is 83.1 Å². The molecule has 0 amide bonds. The quantitative estimate of drug-likeness (QED) is 0.322. The largest absolute Gasteiger partial charge is 0.376 e. The lowest BCUT2D eigenvalue weighted by molar-refractivity contribution is -0.385. The van der Waals surface area contributed by atoms with Crippen LogP contribution in [0.2, 0.25) is 0 Å². The number of aromatic nitrogens is 3. The van der Waals surface area contributed by atoms with Crippen molar-refractivity contribution in [2.45, 2.75) is 36.4 Å². The molecule has 0 N–H and O–H groups in total. The van der Waals surface area contributed by atoms with Crippen LogP contribution in [0.1, 0.15) is 18.4 Å². The van der Waals surface area contributed by atoms with E-state index in [4.69, 9.17) is 4.74 Å². The monoisotopic (exact) mass is 414 g/mol. The molecule has 2 aromatic carbocycles. The molecule has 1 atom stereocenters. The Labute approximate surface area is 171 Å². The molecule has 7 nitrogen and oxygen atoms in total. The number of nitro benzene ring substituents is 1. The molecule has 1 aromatic heterocycles. The molecule has 0 saturated carbocycles. The summed E-state index contributed by atoms with van der Waals surface area (Å²) in [4.78, 5) is 10.9. The zero-order chi connectivity index (χ0) is 20.2. The third kappa shape index (κ3) is 4.46. The number of thioether (sulfide) groups is 1. The van der Waals surface area contributed by atoms with Crippen molar-refractivity contribution in [2.24, 2.45) is 0 Å². The van der Waals surface area contributed by atoms with Crippen molar-refractivity contribution in [1.29, 1.82) is 0 Å². The van der Waals surface area contributed by atoms with Crippen molar-refractivity contribution in [3.05, 3.63) is 70.0 Å². The van der Waals surface area contributed by atoms with E-state index in [0.717, 1.165) is 25.0 Å². The van der Waals surface area contributed by atoms with Crippen LogP contribution in [0.4, 0.5) is 10.1 Å². The number of nitro groups is 1. The van der Waals surface area contributed by atoms with Crippen molar-refractivity contribution >= 4 is 17.4 Å². The predicted octanol–water partition coefficient (Wildman–Crippen LogP) is 4.46. The summed E-state index contributed by atoms with van der Waals surface area (Å²) in [7, 11) is 0. The fourth-order valence-corrected chi connectivity index (χ4v) is 4.26. The van der Waals surface area contributed by atoms with E-state index in [1.54, 1.807) is 30.3 Å². The summed E-state index contributed by atoms with van der Waals surface area (Å²) >= 11 is 1.39. The van der Waals surface area contributed by atoms with Gasteiger partial charge >= 0.3 is 0 Å². The van der Waals surface area contributed by atoms with Gasteiger partial charge in [0.2, 0.25) is 0 Å². The van der Waals surface area contributed by atoms with Crippen LogP contribution < -0.4 is 0 Å². The van der Waals surface area contributed by atoms with Gasteiger partial charge in [-0.3, -0.25) is 14.7 Å². The number of halogens is 1. The van der Waals surface area contributed by atoms with Gasteiger partial charge in [0.15, 0.2) is 11.0 Å². The van der Waals surface area contributed by atoms with Crippen LogP contribution in [0.25, 0.3) is 11.4 Å². The molecule has 0 aliphatic carbocycles. The summed E-state index contributed by atoms with van der Waals surface area (Å²) in [6, 6.07) is 12.8. The first-order valence-corrected chi connectivity index (χ1v) is 10.3. The highest BCUT2D eigenvalue weighted by atomic mass is 32.2. The molecular formula is C20H19FN4O3S. The first kappa shape index (κ1) is 19.5. The average molecular weight is 414 g/mol. The molecule has 1 unspecified atom stereocenters. The van der Waals surface area contributed by atoms with E-state index in [-0.39, 0.29) is 22.5 Å². The van der Waals surface area contributed by atoms with Crippen LogP contribution in [0, 0.1) is 15.9 Å². The molecule has 150 valence electrons. The zero-order valence-corrected chi connectivity index (χ0v) is 16.3. The molecule has 1 aliphatic heterocycles. The number of para-hydroxylation sites is 1. The van der Waals surface area contributed by atoms with Gasteiger partial charge in [-0.2, -0.15) is 0 Å². The molecule has 0 spiro atoms. The number of nitrogens with zero attached hydrogens (tertiary/aromatic N) is 4. The highest BCUT2D eigenvalue weighted by Crippen LogP contribution is 2.30. The van der Waals surface area contributed by atoms with E-state index in [1.165, 1.54) is 30.0 Å². The van der Waals surface area contributed by atoms with E-state index in [1.807, 2.05) is 4.57 Å². The number of rotatable bonds is 7. The van der Waals surface area contributed by atoms with Crippen molar-refractivity contribution < 1.29 is 14.1 Å². The minimum Gasteiger partial charge on any atom is -0.376 e. The molecule has 2 heterocycles. The third-order valence-corrected chi connectivity index (χ3v) is 5.79. The Hall–Kier alpha value is -2.78. The Morgan fingerprint density at radius 3 is 2.72 bits per heavy atom. The summed E-state index contributed by atoms with van der Waals surface area (Å²) in [6.45, 7) is 1.32. The summed E-state index contributed by atoms with van der Waals surface area (Å²) < 4.78 is 21.1. The summed E-state index contributed by atoms with van der Waals surface area (Å²) in [6.07, 6.45) is 2.03. The van der Waals surface area contributed by atoms with Crippen LogP contribution >= 0.6 is 11.8 Å². The normalized spacial score (nSPS) is 16.2. The molecule has 0 bridgehead atoms. The summed E-state index contributed by atoms with van der Waals surface area (Å²) in [5.41, 5.74) is 1.47. The molecule has 9 heteroatoms. The molecule has 1 aliphatic rings. The fraction of sp³-hybridized carbons (Fsp3) is 0.300. The SMILES string of the molecule is O=[N+]([O-])c1ccccc1CSc1nnc(-c2ccc(F)cc2)n1CC1CCCO1. The van der Waals surface area contributed by atoms with Crippen LogP contribution in [0.15, 0.2) is 53.7 Å². The highest BCUT2D eigenvalue weighted by Gasteiger charge is 2.22. The van der Waals surface area contributed by atoms with Gasteiger partial charge in [-0.05, 0) is 37.1 Å². The summed E-state index contributed by atoms with van der Waals surface area (Å²) in [5.74, 6) is 0.708. The van der Waals surface area contributed by atoms with Gasteiger partial charge in [0.05, 0.1) is 17.6 Å². The number of benzene rings is 2. The molecule has 1 saturated heterocycles. The second-order valence-electron chi connectivity index (χ2n) is 6.73. The number of ether oxygens (including phenoxy) is 1. The zero-order valence-electron chi connectivity index (χ0n) is 15.5. The van der Waals surface area contributed by atoms with Gasteiger partial charge in [0.1, 0.15) is 5.82 Å². The van der Waals surface area contributed by atoms with Crippen molar-refractivity contribution in [1.82, 2.24) is 14.8 Å². The van der Waals surface area contributed by atoms with Crippen LogP contribution in [0.3, 0.4) is 0 Å². The first-order chi connectivity index (χ1) is 14.1. The molecular weight excluding hydrogens is 395 g/mol. The minimum absolute atomic E-state index is 0.0654. The molecule has 0 radical (unpaired) electrons. The van der Waals surface area contributed by atoms with Gasteiger partial charge in [0.25, 0.3) is 5.69 Å². The minimum atomic E-state index is -0.378. The lowest BCUT2D eigenvalue weighted by atomic mass is 10.2. The molecule has 3 aromatic rings. The number of hydrogen-bond donors (Lipinski definition) is 0. The smallest absolute Gasteiger partial charge is 0.273 e. The Morgan fingerprint density at radius 1 is 1.21 bits per heavy atom. The van der Waals surface area contributed by atoms with Crippen molar-refractivity contribution in [2.75, 3.05) is 6.61 Å². The summed E-state index contributed by atoms with van der Waals surface area (Å²) in [5, 5.41) is 20.5. The lowest BCUT2D eigenvalue weighted by Gasteiger charge is -2.14. The molecule has 29 heavy (non-hydrogen) atoms. The molecule has 4 rings (SSSR count). The van der Waals surface area contributed by atoms with Gasteiger partial charge in [0, 0.05) is 29.6 Å². The van der Waals surface area contributed by atoms with Gasteiger partial charge in [-0.15, -0.1) is 10.2 Å². The second kappa shape index (κ2) is 8.71. The number of hydrogen-bond acceptors (Lipinski definition) is 6. The van der Waals surface area contributed by atoms with Crippen LogP contribution in [0.5, 0.6) is 0 Å². The Morgan fingerprint density at radius 2 is 2.00 bits per heavy atom. The van der Waals surface area contributed by atoms with Crippen LogP contribution in [-0.2, 0) is 17.0 Å². The average Bonchev–Trinajstić information content (AvgIpc) is 3.38. The standard InChI is InChI=1S/C20H19FN4O3S/c21-16-9-7-14(8-10-16)19-22-23-20(24(19)12-17-5-3-11-28-17)29-13-15-4-1-2-6-18(15)25(26)27/h1-2,4,6-10,17H,3,5,11-13H2. The van der Waals surface area contributed by atoms with E-state index < -0.39 is 0 Å². The van der Waals surface area contributed by atoms with Crippen molar-refractivity contribution in [3.63, 3.8) is 0 Å². The van der Waals surface area contributed by atoms with Crippen LogP contribution in [-0.4, -0.2) is 32.4 Å². The van der Waals surface area contributed by atoms with Gasteiger partial charge in [-0.1, -0.05) is 30.0 Å². The molecule has 1 fully saturated rings. The van der Waals surface area contributed by atoms with E-state index in [9.17, 15) is 14.5 Å². The van der Waals surface area contributed by atoms with Crippen molar-refractivity contribution in [3.8, 4) is 11.4 Å². The maximum atomic E-state index is 13.3. The first-order valence-electron chi connectivity index (χ1n) is 9.27. The third-order valence-electron chi connectivity index (χ3n) is 4.77. The Balaban J connectivity index is 1.62. The fourth-order valence-electron chi connectivity index (χ4n) is 3.32. The Kier molecular flexibility index (Phi) is 5.86. The lowest BCUT2D eigenvalue weighted by Crippen LogP contribution is -2.16. The van der Waals surface area contributed by atoms with Gasteiger partial charge in [-0.25, -0.2) is 4.39 Å². The maximum absolute atomic E-state index is 13.3. The maximum Gasteiger partial charge on any atom is 0.273 e. The second-order valence-corrected chi connectivity index (χ2v) is 7.68.